The third-order valence-electron chi connectivity index (χ3n) is 4.94. The third kappa shape index (κ3) is 3.17. The molecule has 1 fully saturated rings. The van der Waals surface area contributed by atoms with Gasteiger partial charge in [0.05, 0.1) is 17.7 Å². The number of fused-ring (bicyclic) bond motifs is 1. The van der Waals surface area contributed by atoms with E-state index in [1.54, 1.807) is 11.3 Å². The molecule has 0 aliphatic carbocycles. The molecule has 4 nitrogen and oxygen atoms in total. The van der Waals surface area contributed by atoms with Crippen molar-refractivity contribution < 1.29 is 9.90 Å². The van der Waals surface area contributed by atoms with Gasteiger partial charge in [0.1, 0.15) is 0 Å². The highest BCUT2D eigenvalue weighted by atomic mass is 32.1. The molecule has 0 bridgehead atoms. The van der Waals surface area contributed by atoms with Gasteiger partial charge in [0, 0.05) is 17.4 Å². The minimum atomic E-state index is -0.695. The molecular formula is C20H20N2O2S. The van der Waals surface area contributed by atoms with Gasteiger partial charge in [-0.3, -0.25) is 14.7 Å². The highest BCUT2D eigenvalue weighted by molar-refractivity contribution is 7.17. The van der Waals surface area contributed by atoms with Crippen molar-refractivity contribution in [3.63, 3.8) is 0 Å². The molecule has 0 amide bonds. The van der Waals surface area contributed by atoms with Gasteiger partial charge in [-0.25, -0.2) is 0 Å². The molecule has 2 atom stereocenters. The lowest BCUT2D eigenvalue weighted by molar-refractivity contribution is -0.143. The standard InChI is InChI=1S/C20H20N2O2S/c23-20(24)14-6-5-11-22(12-14)19(17-8-3-4-10-21-17)16-13-25-18-9-2-1-7-15(16)18/h1-4,7-10,13-14,19H,5-6,11-12H2,(H,23,24). The quantitative estimate of drug-likeness (QED) is 0.765. The second-order valence-corrected chi connectivity index (χ2v) is 7.43. The van der Waals surface area contributed by atoms with Crippen LogP contribution in [0.1, 0.15) is 30.1 Å². The Balaban J connectivity index is 1.79. The van der Waals surface area contributed by atoms with Gasteiger partial charge in [-0.1, -0.05) is 24.3 Å². The van der Waals surface area contributed by atoms with Crippen LogP contribution in [0.3, 0.4) is 0 Å². The van der Waals surface area contributed by atoms with Gasteiger partial charge in [-0.15, -0.1) is 11.3 Å². The fraction of sp³-hybridized carbons (Fsp3) is 0.300. The first kappa shape index (κ1) is 16.2. The number of carboxylic acids is 1. The molecule has 1 aromatic carbocycles. The first-order valence-corrected chi connectivity index (χ1v) is 9.46. The lowest BCUT2D eigenvalue weighted by Gasteiger charge is -2.36. The molecular weight excluding hydrogens is 332 g/mol. The summed E-state index contributed by atoms with van der Waals surface area (Å²) in [4.78, 5) is 18.4. The number of aromatic nitrogens is 1. The SMILES string of the molecule is O=C(O)C1CCCN(C(c2ccccn2)c2csc3ccccc23)C1. The van der Waals surface area contributed by atoms with Crippen molar-refractivity contribution in [3.8, 4) is 0 Å². The van der Waals surface area contributed by atoms with Crippen LogP contribution in [0.5, 0.6) is 0 Å². The number of piperidine rings is 1. The number of carbonyl (C=O) groups is 1. The van der Waals surface area contributed by atoms with E-state index in [2.05, 4.69) is 39.5 Å². The fourth-order valence-corrected chi connectivity index (χ4v) is 4.71. The van der Waals surface area contributed by atoms with Crippen molar-refractivity contribution in [2.75, 3.05) is 13.1 Å². The van der Waals surface area contributed by atoms with E-state index < -0.39 is 5.97 Å². The Kier molecular flexibility index (Phi) is 4.51. The number of pyridine rings is 1. The van der Waals surface area contributed by atoms with Gasteiger partial charge in [0.25, 0.3) is 0 Å². The highest BCUT2D eigenvalue weighted by Gasteiger charge is 2.32. The van der Waals surface area contributed by atoms with Gasteiger partial charge in [-0.05, 0) is 53.9 Å². The first-order chi connectivity index (χ1) is 12.2. The number of likely N-dealkylation sites (tertiary alicyclic amines) is 1. The molecule has 128 valence electrons. The molecule has 4 rings (SSSR count). The first-order valence-electron chi connectivity index (χ1n) is 8.58. The smallest absolute Gasteiger partial charge is 0.307 e. The van der Waals surface area contributed by atoms with Gasteiger partial charge < -0.3 is 5.11 Å². The van der Waals surface area contributed by atoms with Crippen LogP contribution < -0.4 is 0 Å². The van der Waals surface area contributed by atoms with Gasteiger partial charge in [-0.2, -0.15) is 0 Å². The zero-order valence-corrected chi connectivity index (χ0v) is 14.7. The maximum absolute atomic E-state index is 11.5. The van der Waals surface area contributed by atoms with E-state index in [9.17, 15) is 9.90 Å². The second-order valence-electron chi connectivity index (χ2n) is 6.52. The molecule has 2 unspecified atom stereocenters. The molecule has 0 saturated carbocycles. The minimum Gasteiger partial charge on any atom is -0.481 e. The Morgan fingerprint density at radius 2 is 2.08 bits per heavy atom. The third-order valence-corrected chi connectivity index (χ3v) is 5.92. The van der Waals surface area contributed by atoms with E-state index in [1.807, 2.05) is 24.4 Å². The molecule has 1 aliphatic rings. The zero-order valence-electron chi connectivity index (χ0n) is 13.8. The van der Waals surface area contributed by atoms with E-state index in [1.165, 1.54) is 15.6 Å². The number of rotatable bonds is 4. The summed E-state index contributed by atoms with van der Waals surface area (Å²) in [7, 11) is 0. The molecule has 0 spiro atoms. The Morgan fingerprint density at radius 3 is 2.88 bits per heavy atom. The Labute approximate surface area is 150 Å². The largest absolute Gasteiger partial charge is 0.481 e. The van der Waals surface area contributed by atoms with E-state index in [0.717, 1.165) is 25.1 Å². The lowest BCUT2D eigenvalue weighted by Crippen LogP contribution is -2.41. The van der Waals surface area contributed by atoms with Crippen molar-refractivity contribution in [3.05, 3.63) is 65.3 Å². The average molecular weight is 352 g/mol. The molecule has 25 heavy (non-hydrogen) atoms. The maximum Gasteiger partial charge on any atom is 0.307 e. The van der Waals surface area contributed by atoms with E-state index in [4.69, 9.17) is 0 Å². The Bertz CT molecular complexity index is 878. The summed E-state index contributed by atoms with van der Waals surface area (Å²) in [6.07, 6.45) is 3.48. The summed E-state index contributed by atoms with van der Waals surface area (Å²) in [5.41, 5.74) is 2.21. The lowest BCUT2D eigenvalue weighted by atomic mass is 9.93. The number of hydrogen-bond donors (Lipinski definition) is 1. The molecule has 0 radical (unpaired) electrons. The van der Waals surface area contributed by atoms with Gasteiger partial charge in [0.2, 0.25) is 0 Å². The van der Waals surface area contributed by atoms with Gasteiger partial charge in [0.15, 0.2) is 0 Å². The van der Waals surface area contributed by atoms with Crippen LogP contribution in [0.2, 0.25) is 0 Å². The van der Waals surface area contributed by atoms with Gasteiger partial charge >= 0.3 is 5.97 Å². The molecule has 1 saturated heterocycles. The molecule has 1 aliphatic heterocycles. The average Bonchev–Trinajstić information content (AvgIpc) is 3.07. The summed E-state index contributed by atoms with van der Waals surface area (Å²) in [5, 5.41) is 12.9. The Morgan fingerprint density at radius 1 is 1.24 bits per heavy atom. The number of nitrogens with zero attached hydrogens (tertiary/aromatic N) is 2. The number of hydrogen-bond acceptors (Lipinski definition) is 4. The van der Waals surface area contributed by atoms with Crippen molar-refractivity contribution in [1.29, 1.82) is 0 Å². The number of aliphatic carboxylic acids is 1. The van der Waals surface area contributed by atoms with Crippen molar-refractivity contribution in [1.82, 2.24) is 9.88 Å². The van der Waals surface area contributed by atoms with E-state index in [-0.39, 0.29) is 12.0 Å². The van der Waals surface area contributed by atoms with Crippen molar-refractivity contribution in [2.45, 2.75) is 18.9 Å². The summed E-state index contributed by atoms with van der Waals surface area (Å²) in [5.74, 6) is -0.996. The van der Waals surface area contributed by atoms with Crippen LogP contribution in [0, 0.1) is 5.92 Å². The summed E-state index contributed by atoms with van der Waals surface area (Å²) in [6.45, 7) is 1.47. The normalized spacial score (nSPS) is 19.8. The number of carboxylic acid groups (broad SMARTS) is 1. The highest BCUT2D eigenvalue weighted by Crippen LogP contribution is 2.38. The predicted molar refractivity (Wildman–Crippen MR) is 99.8 cm³/mol. The van der Waals surface area contributed by atoms with Crippen LogP contribution in [0.4, 0.5) is 0 Å². The zero-order chi connectivity index (χ0) is 17.2. The van der Waals surface area contributed by atoms with E-state index in [0.29, 0.717) is 6.54 Å². The Hall–Kier alpha value is -2.24. The van der Waals surface area contributed by atoms with Crippen molar-refractivity contribution >= 4 is 27.4 Å². The monoisotopic (exact) mass is 352 g/mol. The maximum atomic E-state index is 11.5. The molecule has 2 aromatic heterocycles. The summed E-state index contributed by atoms with van der Waals surface area (Å²) >= 11 is 1.74. The molecule has 5 heteroatoms. The van der Waals surface area contributed by atoms with E-state index >= 15 is 0 Å². The molecule has 3 heterocycles. The molecule has 1 N–H and O–H groups in total. The van der Waals surface area contributed by atoms with Crippen LogP contribution in [-0.2, 0) is 4.79 Å². The van der Waals surface area contributed by atoms with Crippen molar-refractivity contribution in [2.24, 2.45) is 5.92 Å². The molecule has 3 aromatic rings. The minimum absolute atomic E-state index is 0.000463. The number of thiophene rings is 1. The van der Waals surface area contributed by atoms with Crippen LogP contribution in [-0.4, -0.2) is 34.0 Å². The summed E-state index contributed by atoms with van der Waals surface area (Å²) < 4.78 is 1.25. The summed E-state index contributed by atoms with van der Waals surface area (Å²) in [6, 6.07) is 14.4. The van der Waals surface area contributed by atoms with Crippen LogP contribution >= 0.6 is 11.3 Å². The number of benzene rings is 1. The predicted octanol–water partition coefficient (Wildman–Crippen LogP) is 4.18. The fourth-order valence-electron chi connectivity index (χ4n) is 3.73. The van der Waals surface area contributed by atoms with Crippen LogP contribution in [0.25, 0.3) is 10.1 Å². The van der Waals surface area contributed by atoms with Crippen LogP contribution in [0.15, 0.2) is 54.0 Å². The topological polar surface area (TPSA) is 53.4 Å². The second kappa shape index (κ2) is 6.94.